The first-order valence-electron chi connectivity index (χ1n) is 8.90. The Kier molecular flexibility index (Phi) is 4.27. The van der Waals surface area contributed by atoms with Crippen LogP contribution >= 0.6 is 0 Å². The van der Waals surface area contributed by atoms with Gasteiger partial charge >= 0.3 is 5.97 Å². The Hall–Kier alpha value is -1.36. The molecule has 2 aliphatic carbocycles. The SMILES string of the molecule is CC(C)(C)OC(=O)[C@H]1[C@@H]2Cc3cc(OCC[Si-](C)(C)C)ncc3[C@@H]21. The van der Waals surface area contributed by atoms with Crippen LogP contribution in [0.15, 0.2) is 12.3 Å². The molecule has 3 atom stereocenters. The van der Waals surface area contributed by atoms with Crippen LogP contribution in [0, 0.1) is 11.8 Å². The van der Waals surface area contributed by atoms with E-state index in [0.29, 0.717) is 11.8 Å². The van der Waals surface area contributed by atoms with Crippen molar-refractivity contribution in [2.75, 3.05) is 6.61 Å². The third-order valence-corrected chi connectivity index (χ3v) is 6.47. The summed E-state index contributed by atoms with van der Waals surface area (Å²) < 4.78 is 11.4. The second-order valence-corrected chi connectivity index (χ2v) is 15.0. The lowest BCUT2D eigenvalue weighted by atomic mass is 10.0. The largest absolute Gasteiger partial charge is 0.481 e. The minimum atomic E-state index is -1.08. The highest BCUT2D eigenvalue weighted by Crippen LogP contribution is 2.62. The molecule has 1 aromatic rings. The zero-order chi connectivity index (χ0) is 17.7. The second-order valence-electron chi connectivity index (χ2n) is 9.33. The van der Waals surface area contributed by atoms with Gasteiger partial charge in [0.2, 0.25) is 5.88 Å². The molecule has 4 nitrogen and oxygen atoms in total. The molecule has 2 aliphatic rings. The lowest BCUT2D eigenvalue weighted by Gasteiger charge is -2.26. The van der Waals surface area contributed by atoms with E-state index in [1.54, 1.807) is 0 Å². The van der Waals surface area contributed by atoms with E-state index >= 15 is 0 Å². The van der Waals surface area contributed by atoms with Crippen molar-refractivity contribution in [1.29, 1.82) is 0 Å². The molecule has 1 saturated carbocycles. The molecule has 0 unspecified atom stereocenters. The number of rotatable bonds is 5. The average Bonchev–Trinajstić information content (AvgIpc) is 2.99. The van der Waals surface area contributed by atoms with Gasteiger partial charge in [-0.05, 0) is 44.2 Å². The smallest absolute Gasteiger partial charge is 0.310 e. The zero-order valence-corrected chi connectivity index (χ0v) is 16.7. The van der Waals surface area contributed by atoms with Crippen LogP contribution in [-0.4, -0.2) is 31.2 Å². The molecule has 3 rings (SSSR count). The number of nitrogens with zero attached hydrogens (tertiary/aromatic N) is 1. The van der Waals surface area contributed by atoms with Crippen LogP contribution < -0.4 is 4.74 Å². The predicted octanol–water partition coefficient (Wildman–Crippen LogP) is 4.03. The first-order chi connectivity index (χ1) is 11.1. The number of ether oxygens (including phenoxy) is 2. The third kappa shape index (κ3) is 3.82. The topological polar surface area (TPSA) is 48.4 Å². The van der Waals surface area contributed by atoms with Crippen LogP contribution in [0.1, 0.15) is 37.8 Å². The monoisotopic (exact) mass is 347 g/mol. The fraction of sp³-hybridized carbons (Fsp3) is 0.684. The van der Waals surface area contributed by atoms with E-state index in [2.05, 4.69) is 30.7 Å². The van der Waals surface area contributed by atoms with Gasteiger partial charge in [-0.2, -0.15) is 19.6 Å². The molecule has 0 saturated heterocycles. The molecular weight excluding hydrogens is 318 g/mol. The summed E-state index contributed by atoms with van der Waals surface area (Å²) in [5.74, 6) is 1.39. The van der Waals surface area contributed by atoms with Gasteiger partial charge in [0, 0.05) is 18.2 Å². The summed E-state index contributed by atoms with van der Waals surface area (Å²) >= 11 is 0. The van der Waals surface area contributed by atoms with E-state index < -0.39 is 13.7 Å². The van der Waals surface area contributed by atoms with E-state index in [0.717, 1.165) is 25.0 Å². The summed E-state index contributed by atoms with van der Waals surface area (Å²) in [5, 5.41) is 0. The molecule has 0 aromatic carbocycles. The minimum Gasteiger partial charge on any atom is -0.481 e. The summed E-state index contributed by atoms with van der Waals surface area (Å²) in [4.78, 5) is 16.7. The normalized spacial score (nSPS) is 25.0. The van der Waals surface area contributed by atoms with Crippen LogP contribution in [-0.2, 0) is 16.0 Å². The van der Waals surface area contributed by atoms with Gasteiger partial charge in [0.25, 0.3) is 0 Å². The van der Waals surface area contributed by atoms with E-state index in [1.165, 1.54) is 11.1 Å². The van der Waals surface area contributed by atoms with Crippen molar-refractivity contribution in [2.24, 2.45) is 11.8 Å². The zero-order valence-electron chi connectivity index (χ0n) is 15.7. The van der Waals surface area contributed by atoms with Crippen molar-refractivity contribution in [3.8, 4) is 5.88 Å². The Balaban J connectivity index is 1.60. The summed E-state index contributed by atoms with van der Waals surface area (Å²) in [6.07, 6.45) is 2.85. The van der Waals surface area contributed by atoms with Crippen molar-refractivity contribution in [2.45, 2.75) is 64.4 Å². The Morgan fingerprint density at radius 1 is 1.33 bits per heavy atom. The predicted molar refractivity (Wildman–Crippen MR) is 97.2 cm³/mol. The van der Waals surface area contributed by atoms with E-state index in [1.807, 2.05) is 27.0 Å². The van der Waals surface area contributed by atoms with Crippen molar-refractivity contribution in [1.82, 2.24) is 4.98 Å². The summed E-state index contributed by atoms with van der Waals surface area (Å²) in [6, 6.07) is 3.20. The van der Waals surface area contributed by atoms with Crippen LogP contribution in [0.25, 0.3) is 0 Å². The molecule has 0 bridgehead atoms. The first kappa shape index (κ1) is 17.5. The van der Waals surface area contributed by atoms with Crippen LogP contribution in [0.2, 0.25) is 25.7 Å². The maximum atomic E-state index is 12.3. The fourth-order valence-corrected chi connectivity index (χ4v) is 4.21. The van der Waals surface area contributed by atoms with Crippen molar-refractivity contribution >= 4 is 14.0 Å². The summed E-state index contributed by atoms with van der Waals surface area (Å²) in [6.45, 7) is 13.5. The maximum absolute atomic E-state index is 12.3. The number of pyridine rings is 1. The van der Waals surface area contributed by atoms with Gasteiger partial charge in [0.15, 0.2) is 0 Å². The third-order valence-electron chi connectivity index (χ3n) is 4.76. The standard InChI is InChI=1S/C19H29NO3Si/c1-19(2,3)23-18(21)17-13-9-12-10-15(20-11-14(12)16(13)17)22-7-8-24(4,5)6/h10-11,13,16-17H,7-9H2,1-6H3/q-1/t13-,16-,17+/m1/s1. The highest BCUT2D eigenvalue weighted by Gasteiger charge is 2.60. The van der Waals surface area contributed by atoms with Crippen LogP contribution in [0.5, 0.6) is 5.88 Å². The van der Waals surface area contributed by atoms with Crippen LogP contribution in [0.4, 0.5) is 0 Å². The average molecular weight is 348 g/mol. The van der Waals surface area contributed by atoms with Crippen molar-refractivity contribution in [3.05, 3.63) is 23.4 Å². The first-order valence-corrected chi connectivity index (χ1v) is 12.6. The van der Waals surface area contributed by atoms with Crippen molar-refractivity contribution < 1.29 is 14.3 Å². The minimum absolute atomic E-state index is 0.0252. The maximum Gasteiger partial charge on any atom is 0.310 e. The Labute approximate surface area is 146 Å². The Morgan fingerprint density at radius 3 is 2.67 bits per heavy atom. The van der Waals surface area contributed by atoms with Gasteiger partial charge < -0.3 is 9.47 Å². The summed E-state index contributed by atoms with van der Waals surface area (Å²) in [5.41, 5.74) is 2.10. The molecule has 1 fully saturated rings. The quantitative estimate of drug-likeness (QED) is 0.596. The number of esters is 1. The molecule has 5 heteroatoms. The number of hydrogen-bond donors (Lipinski definition) is 0. The number of aromatic nitrogens is 1. The molecule has 1 heterocycles. The molecule has 133 valence electrons. The number of fused-ring (bicyclic) bond motifs is 3. The highest BCUT2D eigenvalue weighted by atomic mass is 28.3. The molecule has 1 aromatic heterocycles. The van der Waals surface area contributed by atoms with Gasteiger partial charge in [-0.3, -0.25) is 4.79 Å². The second kappa shape index (κ2) is 5.87. The molecule has 0 N–H and O–H groups in total. The Morgan fingerprint density at radius 2 is 2.04 bits per heavy atom. The lowest BCUT2D eigenvalue weighted by Crippen LogP contribution is -2.26. The molecule has 24 heavy (non-hydrogen) atoms. The van der Waals surface area contributed by atoms with Gasteiger partial charge in [-0.25, -0.2) is 4.98 Å². The molecular formula is C19H29NO3Si-. The number of carbonyl (C=O) groups excluding carboxylic acids is 1. The number of carbonyl (C=O) groups is 1. The van der Waals surface area contributed by atoms with E-state index in [9.17, 15) is 4.79 Å². The molecule has 0 amide bonds. The van der Waals surface area contributed by atoms with Gasteiger partial charge in [0.1, 0.15) is 5.60 Å². The van der Waals surface area contributed by atoms with Gasteiger partial charge in [0.05, 0.1) is 12.5 Å². The molecule has 0 spiro atoms. The fourth-order valence-electron chi connectivity index (χ4n) is 3.50. The van der Waals surface area contributed by atoms with E-state index in [-0.39, 0.29) is 11.9 Å². The van der Waals surface area contributed by atoms with E-state index in [4.69, 9.17) is 9.47 Å². The highest BCUT2D eigenvalue weighted by molar-refractivity contribution is 6.76. The van der Waals surface area contributed by atoms with Crippen molar-refractivity contribution in [3.63, 3.8) is 0 Å². The molecule has 0 aliphatic heterocycles. The summed E-state index contributed by atoms with van der Waals surface area (Å²) in [7, 11) is -1.08. The number of hydrogen-bond acceptors (Lipinski definition) is 4. The van der Waals surface area contributed by atoms with Gasteiger partial charge in [-0.1, -0.05) is 0 Å². The Bertz CT molecular complexity index is 645. The van der Waals surface area contributed by atoms with Crippen LogP contribution in [0.3, 0.4) is 0 Å². The lowest BCUT2D eigenvalue weighted by molar-refractivity contribution is -0.157. The van der Waals surface area contributed by atoms with Gasteiger partial charge in [-0.15, -0.1) is 14.1 Å². The molecule has 0 radical (unpaired) electrons.